The van der Waals surface area contributed by atoms with E-state index in [9.17, 15) is 28.1 Å². The van der Waals surface area contributed by atoms with Crippen molar-refractivity contribution in [1.29, 1.82) is 0 Å². The first-order chi connectivity index (χ1) is 12.6. The lowest BCUT2D eigenvalue weighted by atomic mass is 10.1. The van der Waals surface area contributed by atoms with Crippen molar-refractivity contribution in [2.24, 2.45) is 5.10 Å². The topological polar surface area (TPSA) is 112 Å². The predicted octanol–water partition coefficient (Wildman–Crippen LogP) is 2.53. The minimum Gasteiger partial charge on any atom is -0.475 e. The largest absolute Gasteiger partial charge is 0.475 e. The highest BCUT2D eigenvalue weighted by molar-refractivity contribution is 5.83. The number of carbonyl (C=O) groups is 1. The van der Waals surface area contributed by atoms with Crippen LogP contribution in [0.5, 0.6) is 5.88 Å². The van der Waals surface area contributed by atoms with Gasteiger partial charge in [0.2, 0.25) is 0 Å². The molecule has 0 bridgehead atoms. The van der Waals surface area contributed by atoms with Crippen molar-refractivity contribution in [3.8, 4) is 5.88 Å². The number of benzene rings is 1. The summed E-state index contributed by atoms with van der Waals surface area (Å²) in [5, 5.41) is 18.3. The molecule has 1 aromatic carbocycles. The van der Waals surface area contributed by atoms with Gasteiger partial charge < -0.3 is 4.74 Å². The number of hydrogen-bond donors (Lipinski definition) is 1. The minimum atomic E-state index is -4.44. The van der Waals surface area contributed by atoms with Crippen molar-refractivity contribution in [1.82, 2.24) is 15.2 Å². The van der Waals surface area contributed by atoms with Crippen molar-refractivity contribution in [2.45, 2.75) is 19.1 Å². The summed E-state index contributed by atoms with van der Waals surface area (Å²) in [5.41, 5.74) is 1.33. The highest BCUT2D eigenvalue weighted by Gasteiger charge is 2.29. The Hall–Kier alpha value is -3.44. The molecule has 12 heteroatoms. The van der Waals surface area contributed by atoms with E-state index in [0.29, 0.717) is 5.56 Å². The van der Waals surface area contributed by atoms with Crippen LogP contribution in [-0.2, 0) is 11.0 Å². The van der Waals surface area contributed by atoms with Crippen molar-refractivity contribution >= 4 is 17.8 Å². The molecule has 1 aromatic heterocycles. The summed E-state index contributed by atoms with van der Waals surface area (Å²) in [6.45, 7) is 1.43. The average Bonchev–Trinajstić information content (AvgIpc) is 3.05. The number of hydrazone groups is 1. The summed E-state index contributed by atoms with van der Waals surface area (Å²) in [5.74, 6) is -0.883. The molecule has 1 N–H and O–H groups in total. The average molecular weight is 385 g/mol. The van der Waals surface area contributed by atoms with Crippen molar-refractivity contribution in [2.75, 3.05) is 7.11 Å². The number of hydrogen-bond acceptors (Lipinski definition) is 6. The molecular weight excluding hydrogens is 371 g/mol. The van der Waals surface area contributed by atoms with E-state index in [-0.39, 0.29) is 5.88 Å². The van der Waals surface area contributed by atoms with Crippen molar-refractivity contribution in [3.63, 3.8) is 0 Å². The monoisotopic (exact) mass is 385 g/mol. The van der Waals surface area contributed by atoms with Gasteiger partial charge in [-0.15, -0.1) is 5.10 Å². The molecule has 0 fully saturated rings. The van der Waals surface area contributed by atoms with E-state index in [1.54, 1.807) is 0 Å². The molecule has 9 nitrogen and oxygen atoms in total. The molecule has 2 aromatic rings. The lowest BCUT2D eigenvalue weighted by Crippen LogP contribution is -2.27. The quantitative estimate of drug-likeness (QED) is 0.467. The highest BCUT2D eigenvalue weighted by Crippen LogP contribution is 2.29. The van der Waals surface area contributed by atoms with Crippen LogP contribution in [0, 0.1) is 10.1 Å². The van der Waals surface area contributed by atoms with Crippen LogP contribution in [0.25, 0.3) is 0 Å². The van der Waals surface area contributed by atoms with E-state index in [1.807, 2.05) is 0 Å². The van der Waals surface area contributed by atoms with Crippen LogP contribution in [-0.4, -0.2) is 33.9 Å². The summed E-state index contributed by atoms with van der Waals surface area (Å²) in [6, 6.07) is 3.23. The fraction of sp³-hybridized carbons (Fsp3) is 0.267. The summed E-state index contributed by atoms with van der Waals surface area (Å²) in [4.78, 5) is 22.2. The lowest BCUT2D eigenvalue weighted by molar-refractivity contribution is -0.385. The Morgan fingerprint density at radius 1 is 1.41 bits per heavy atom. The van der Waals surface area contributed by atoms with E-state index in [2.05, 4.69) is 15.6 Å². The van der Waals surface area contributed by atoms with E-state index in [0.717, 1.165) is 29.2 Å². The van der Waals surface area contributed by atoms with Gasteiger partial charge in [-0.05, 0) is 24.6 Å². The third kappa shape index (κ3) is 4.80. The van der Waals surface area contributed by atoms with Gasteiger partial charge in [-0.3, -0.25) is 14.9 Å². The number of nitrogens with zero attached hydrogens (tertiary/aromatic N) is 4. The molecule has 0 aliphatic rings. The van der Waals surface area contributed by atoms with Gasteiger partial charge in [0.1, 0.15) is 12.2 Å². The van der Waals surface area contributed by atoms with Crippen LogP contribution >= 0.6 is 0 Å². The number of rotatable bonds is 6. The van der Waals surface area contributed by atoms with Gasteiger partial charge in [-0.2, -0.15) is 18.3 Å². The molecule has 0 radical (unpaired) electrons. The number of nitrogens with one attached hydrogen (secondary N) is 1. The number of nitro groups is 1. The fourth-order valence-corrected chi connectivity index (χ4v) is 1.98. The van der Waals surface area contributed by atoms with Crippen LogP contribution in [0.1, 0.15) is 24.1 Å². The molecule has 0 aliphatic heterocycles. The SMILES string of the molecule is COc1nn([C@@H](C)C(=O)N/N=C\c2ccc(C(F)(F)F)cc2)cc1[N+](=O)[O-]. The van der Waals surface area contributed by atoms with Crippen LogP contribution in [0.2, 0.25) is 0 Å². The fourth-order valence-electron chi connectivity index (χ4n) is 1.98. The maximum atomic E-state index is 12.5. The molecule has 0 unspecified atom stereocenters. The third-order valence-electron chi connectivity index (χ3n) is 3.47. The molecule has 1 amide bonds. The van der Waals surface area contributed by atoms with Crippen LogP contribution in [0.3, 0.4) is 0 Å². The minimum absolute atomic E-state index is 0.243. The highest BCUT2D eigenvalue weighted by atomic mass is 19.4. The van der Waals surface area contributed by atoms with E-state index in [1.165, 1.54) is 26.2 Å². The lowest BCUT2D eigenvalue weighted by Gasteiger charge is -2.09. The Kier molecular flexibility index (Phi) is 5.78. The summed E-state index contributed by atoms with van der Waals surface area (Å²) in [7, 11) is 1.21. The summed E-state index contributed by atoms with van der Waals surface area (Å²) < 4.78 is 43.3. The number of ether oxygens (including phenoxy) is 1. The maximum absolute atomic E-state index is 12.5. The van der Waals surface area contributed by atoms with E-state index < -0.39 is 34.3 Å². The van der Waals surface area contributed by atoms with Gasteiger partial charge in [-0.25, -0.2) is 10.1 Å². The van der Waals surface area contributed by atoms with Gasteiger partial charge in [0.15, 0.2) is 0 Å². The van der Waals surface area contributed by atoms with Gasteiger partial charge in [0.05, 0.1) is 23.8 Å². The zero-order valence-corrected chi connectivity index (χ0v) is 14.1. The zero-order chi connectivity index (χ0) is 20.2. The van der Waals surface area contributed by atoms with Gasteiger partial charge in [-0.1, -0.05) is 12.1 Å². The standard InChI is InChI=1S/C15H14F3N5O4/c1-9(22-8-12(23(25)26)14(21-22)27-2)13(24)20-19-7-10-3-5-11(6-4-10)15(16,17)18/h3-9H,1-2H3,(H,20,24)/b19-7-/t9-/m0/s1. The maximum Gasteiger partial charge on any atom is 0.416 e. The van der Waals surface area contributed by atoms with Gasteiger partial charge in [0, 0.05) is 0 Å². The number of aromatic nitrogens is 2. The molecule has 1 heterocycles. The third-order valence-corrected chi connectivity index (χ3v) is 3.47. The summed E-state index contributed by atoms with van der Waals surface area (Å²) >= 11 is 0. The first-order valence-corrected chi connectivity index (χ1v) is 7.41. The van der Waals surface area contributed by atoms with Crippen molar-refractivity contribution in [3.05, 3.63) is 51.7 Å². The molecule has 1 atom stereocenters. The number of methoxy groups -OCH3 is 1. The van der Waals surface area contributed by atoms with Gasteiger partial charge in [0.25, 0.3) is 5.91 Å². The van der Waals surface area contributed by atoms with Crippen molar-refractivity contribution < 1.29 is 27.6 Å². The van der Waals surface area contributed by atoms with Gasteiger partial charge >= 0.3 is 17.7 Å². The Balaban J connectivity index is 2.02. The summed E-state index contributed by atoms with van der Waals surface area (Å²) in [6.07, 6.45) is -2.23. The number of alkyl halides is 3. The second-order valence-electron chi connectivity index (χ2n) is 5.29. The molecule has 0 spiro atoms. The normalized spacial score (nSPS) is 12.8. The van der Waals surface area contributed by atoms with Crippen LogP contribution in [0.15, 0.2) is 35.6 Å². The van der Waals surface area contributed by atoms with E-state index in [4.69, 9.17) is 4.74 Å². The molecule has 2 rings (SSSR count). The van der Waals surface area contributed by atoms with E-state index >= 15 is 0 Å². The zero-order valence-electron chi connectivity index (χ0n) is 14.1. The molecule has 0 saturated heterocycles. The number of halogens is 3. The number of carbonyl (C=O) groups excluding carboxylic acids is 1. The van der Waals surface area contributed by atoms with Crippen LogP contribution < -0.4 is 10.2 Å². The van der Waals surface area contributed by atoms with Crippen LogP contribution in [0.4, 0.5) is 18.9 Å². The first-order valence-electron chi connectivity index (χ1n) is 7.41. The Bertz CT molecular complexity index is 861. The molecule has 27 heavy (non-hydrogen) atoms. The Morgan fingerprint density at radius 3 is 2.52 bits per heavy atom. The molecule has 0 saturated carbocycles. The smallest absolute Gasteiger partial charge is 0.416 e. The molecule has 144 valence electrons. The Morgan fingerprint density at radius 2 is 2.04 bits per heavy atom. The molecular formula is C15H14F3N5O4. The second kappa shape index (κ2) is 7.85. The predicted molar refractivity (Wildman–Crippen MR) is 87.3 cm³/mol. The Labute approximate surface area is 150 Å². The number of amides is 1. The second-order valence-corrected chi connectivity index (χ2v) is 5.29. The molecule has 0 aliphatic carbocycles. The first kappa shape index (κ1) is 19.9.